The smallest absolute Gasteiger partial charge is 0.128 e. The standard InChI is InChI=1S/C11H15BrFN/c1-7(2)5-11(14)9-6-8(12)3-4-10(9)13/h3-4,6-7,11H,5,14H2,1-2H3/t11-/m1/s1. The van der Waals surface area contributed by atoms with Gasteiger partial charge in [0.25, 0.3) is 0 Å². The number of hydrogen-bond acceptors (Lipinski definition) is 1. The summed E-state index contributed by atoms with van der Waals surface area (Å²) in [6.45, 7) is 4.16. The zero-order chi connectivity index (χ0) is 10.7. The van der Waals surface area contributed by atoms with Crippen LogP contribution in [0.2, 0.25) is 0 Å². The van der Waals surface area contributed by atoms with Gasteiger partial charge in [-0.25, -0.2) is 4.39 Å². The molecule has 0 amide bonds. The van der Waals surface area contributed by atoms with Gasteiger partial charge in [0.1, 0.15) is 5.82 Å². The molecule has 1 aromatic rings. The Balaban J connectivity index is 2.88. The van der Waals surface area contributed by atoms with Crippen molar-refractivity contribution < 1.29 is 4.39 Å². The van der Waals surface area contributed by atoms with E-state index in [0.717, 1.165) is 10.9 Å². The van der Waals surface area contributed by atoms with E-state index in [2.05, 4.69) is 29.8 Å². The van der Waals surface area contributed by atoms with Crippen LogP contribution < -0.4 is 5.73 Å². The predicted octanol–water partition coefficient (Wildman–Crippen LogP) is 3.63. The van der Waals surface area contributed by atoms with Crippen molar-refractivity contribution in [3.8, 4) is 0 Å². The Hall–Kier alpha value is -0.410. The van der Waals surface area contributed by atoms with Crippen LogP contribution >= 0.6 is 15.9 Å². The van der Waals surface area contributed by atoms with Crippen LogP contribution in [0.25, 0.3) is 0 Å². The minimum atomic E-state index is -0.221. The van der Waals surface area contributed by atoms with E-state index in [1.807, 2.05) is 0 Å². The van der Waals surface area contributed by atoms with Crippen LogP contribution in [0.1, 0.15) is 31.9 Å². The van der Waals surface area contributed by atoms with E-state index in [1.54, 1.807) is 12.1 Å². The summed E-state index contributed by atoms with van der Waals surface area (Å²) in [7, 11) is 0. The summed E-state index contributed by atoms with van der Waals surface area (Å²) >= 11 is 3.31. The fourth-order valence-corrected chi connectivity index (χ4v) is 1.81. The van der Waals surface area contributed by atoms with Gasteiger partial charge in [-0.1, -0.05) is 29.8 Å². The van der Waals surface area contributed by atoms with Crippen molar-refractivity contribution in [3.63, 3.8) is 0 Å². The van der Waals surface area contributed by atoms with Crippen molar-refractivity contribution in [2.75, 3.05) is 0 Å². The first kappa shape index (κ1) is 11.7. The van der Waals surface area contributed by atoms with E-state index in [9.17, 15) is 4.39 Å². The highest BCUT2D eigenvalue weighted by molar-refractivity contribution is 9.10. The molecule has 0 aromatic heterocycles. The topological polar surface area (TPSA) is 26.0 Å². The number of nitrogens with two attached hydrogens (primary N) is 1. The molecule has 1 rings (SSSR count). The van der Waals surface area contributed by atoms with Crippen LogP contribution in [0, 0.1) is 11.7 Å². The third-order valence-corrected chi connectivity index (χ3v) is 2.58. The molecule has 78 valence electrons. The second-order valence-corrected chi connectivity index (χ2v) is 4.82. The normalized spacial score (nSPS) is 13.3. The molecular formula is C11H15BrFN. The number of halogens is 2. The molecule has 0 heterocycles. The van der Waals surface area contributed by atoms with Crippen molar-refractivity contribution in [2.45, 2.75) is 26.3 Å². The molecule has 0 aliphatic carbocycles. The second-order valence-electron chi connectivity index (χ2n) is 3.90. The van der Waals surface area contributed by atoms with Gasteiger partial charge in [0, 0.05) is 16.1 Å². The largest absolute Gasteiger partial charge is 0.324 e. The Morgan fingerprint density at radius 2 is 2.07 bits per heavy atom. The molecule has 1 atom stereocenters. The zero-order valence-corrected chi connectivity index (χ0v) is 10.0. The highest BCUT2D eigenvalue weighted by Gasteiger charge is 2.12. The van der Waals surface area contributed by atoms with E-state index in [-0.39, 0.29) is 11.9 Å². The Morgan fingerprint density at radius 1 is 1.43 bits per heavy atom. The average molecular weight is 260 g/mol. The van der Waals surface area contributed by atoms with Crippen LogP contribution in [-0.4, -0.2) is 0 Å². The molecule has 2 N–H and O–H groups in total. The van der Waals surface area contributed by atoms with Crippen molar-refractivity contribution in [1.82, 2.24) is 0 Å². The molecule has 0 saturated carbocycles. The van der Waals surface area contributed by atoms with Gasteiger partial charge in [0.15, 0.2) is 0 Å². The van der Waals surface area contributed by atoms with E-state index in [1.165, 1.54) is 6.07 Å². The van der Waals surface area contributed by atoms with Gasteiger partial charge >= 0.3 is 0 Å². The lowest BCUT2D eigenvalue weighted by Gasteiger charge is -2.15. The van der Waals surface area contributed by atoms with Gasteiger partial charge in [0.2, 0.25) is 0 Å². The van der Waals surface area contributed by atoms with Gasteiger partial charge < -0.3 is 5.73 Å². The minimum Gasteiger partial charge on any atom is -0.324 e. The monoisotopic (exact) mass is 259 g/mol. The lowest BCUT2D eigenvalue weighted by molar-refractivity contribution is 0.489. The van der Waals surface area contributed by atoms with Crippen molar-refractivity contribution >= 4 is 15.9 Å². The highest BCUT2D eigenvalue weighted by Crippen LogP contribution is 2.24. The second kappa shape index (κ2) is 4.89. The average Bonchev–Trinajstić information content (AvgIpc) is 2.08. The molecule has 0 unspecified atom stereocenters. The number of hydrogen-bond donors (Lipinski definition) is 1. The summed E-state index contributed by atoms with van der Waals surface area (Å²) in [4.78, 5) is 0. The molecule has 3 heteroatoms. The molecule has 0 bridgehead atoms. The van der Waals surface area contributed by atoms with Crippen LogP contribution in [0.15, 0.2) is 22.7 Å². The van der Waals surface area contributed by atoms with Crippen LogP contribution in [0.4, 0.5) is 4.39 Å². The van der Waals surface area contributed by atoms with E-state index < -0.39 is 0 Å². The first-order valence-corrected chi connectivity index (χ1v) is 5.50. The first-order chi connectivity index (χ1) is 6.50. The van der Waals surface area contributed by atoms with E-state index in [0.29, 0.717) is 11.5 Å². The van der Waals surface area contributed by atoms with Gasteiger partial charge in [-0.15, -0.1) is 0 Å². The molecule has 1 aromatic carbocycles. The Bertz CT molecular complexity index is 312. The Morgan fingerprint density at radius 3 is 2.64 bits per heavy atom. The molecule has 0 saturated heterocycles. The third-order valence-electron chi connectivity index (χ3n) is 2.08. The zero-order valence-electron chi connectivity index (χ0n) is 8.43. The molecule has 0 fully saturated rings. The molecule has 0 radical (unpaired) electrons. The molecule has 0 aliphatic rings. The molecule has 1 nitrogen and oxygen atoms in total. The number of rotatable bonds is 3. The SMILES string of the molecule is CC(C)C[C@@H](N)c1cc(Br)ccc1F. The maximum atomic E-state index is 13.4. The fourth-order valence-electron chi connectivity index (χ4n) is 1.43. The van der Waals surface area contributed by atoms with E-state index in [4.69, 9.17) is 5.73 Å². The maximum Gasteiger partial charge on any atom is 0.128 e. The van der Waals surface area contributed by atoms with Crippen LogP contribution in [-0.2, 0) is 0 Å². The van der Waals surface area contributed by atoms with Crippen molar-refractivity contribution in [2.24, 2.45) is 11.7 Å². The summed E-state index contributed by atoms with van der Waals surface area (Å²) < 4.78 is 14.2. The van der Waals surface area contributed by atoms with Crippen molar-refractivity contribution in [3.05, 3.63) is 34.1 Å². The van der Waals surface area contributed by atoms with E-state index >= 15 is 0 Å². The predicted molar refractivity (Wildman–Crippen MR) is 60.5 cm³/mol. The Labute approximate surface area is 92.6 Å². The molecule has 14 heavy (non-hydrogen) atoms. The lowest BCUT2D eigenvalue weighted by atomic mass is 9.97. The third kappa shape index (κ3) is 3.07. The lowest BCUT2D eigenvalue weighted by Crippen LogP contribution is -2.14. The molecular weight excluding hydrogens is 245 g/mol. The quantitative estimate of drug-likeness (QED) is 0.882. The van der Waals surface area contributed by atoms with Crippen molar-refractivity contribution in [1.29, 1.82) is 0 Å². The van der Waals surface area contributed by atoms with Gasteiger partial charge in [-0.05, 0) is 30.5 Å². The van der Waals surface area contributed by atoms with Gasteiger partial charge in [-0.3, -0.25) is 0 Å². The fraction of sp³-hybridized carbons (Fsp3) is 0.455. The number of benzene rings is 1. The first-order valence-electron chi connectivity index (χ1n) is 4.71. The highest BCUT2D eigenvalue weighted by atomic mass is 79.9. The van der Waals surface area contributed by atoms with Gasteiger partial charge in [-0.2, -0.15) is 0 Å². The molecule has 0 aliphatic heterocycles. The van der Waals surface area contributed by atoms with Crippen LogP contribution in [0.3, 0.4) is 0 Å². The Kier molecular flexibility index (Phi) is 4.08. The summed E-state index contributed by atoms with van der Waals surface area (Å²) in [5, 5.41) is 0. The van der Waals surface area contributed by atoms with Gasteiger partial charge in [0.05, 0.1) is 0 Å². The van der Waals surface area contributed by atoms with Crippen LogP contribution in [0.5, 0.6) is 0 Å². The summed E-state index contributed by atoms with van der Waals surface area (Å²) in [5.74, 6) is 0.254. The minimum absolute atomic E-state index is 0.215. The summed E-state index contributed by atoms with van der Waals surface area (Å²) in [6.07, 6.45) is 0.799. The summed E-state index contributed by atoms with van der Waals surface area (Å²) in [5.41, 5.74) is 6.50. The summed E-state index contributed by atoms with van der Waals surface area (Å²) in [6, 6.07) is 4.66. The molecule has 0 spiro atoms. The maximum absolute atomic E-state index is 13.4.